The zero-order chi connectivity index (χ0) is 48.7. The van der Waals surface area contributed by atoms with Gasteiger partial charge in [0.05, 0.1) is 28.1 Å². The molecule has 5 aromatic rings. The van der Waals surface area contributed by atoms with E-state index in [0.717, 1.165) is 0 Å². The number of phenols is 1. The topological polar surface area (TPSA) is 293 Å². The molecule has 0 atom stereocenters. The number of nitrogens with zero attached hydrogens (tertiary/aromatic N) is 4. The molecule has 0 amide bonds. The van der Waals surface area contributed by atoms with Gasteiger partial charge in [-0.15, -0.1) is 0 Å². The number of rotatable bonds is 14. The zero-order valence-electron chi connectivity index (χ0n) is 35.5. The van der Waals surface area contributed by atoms with Crippen LogP contribution in [-0.4, -0.2) is 64.4 Å². The van der Waals surface area contributed by atoms with Crippen LogP contribution in [0, 0.1) is 30.3 Å². The monoisotopic (exact) mass is 1000 g/mol. The first-order valence-corrected chi connectivity index (χ1v) is 26.5. The fourth-order valence-corrected chi connectivity index (χ4v) is 6.46. The van der Waals surface area contributed by atoms with Crippen LogP contribution in [0.5, 0.6) is 28.7 Å². The lowest BCUT2D eigenvalue weighted by Crippen LogP contribution is -2.21. The normalized spacial score (nSPS) is 10.5. The van der Waals surface area contributed by atoms with Crippen molar-refractivity contribution in [2.24, 2.45) is 0 Å². The second-order valence-electron chi connectivity index (χ2n) is 12.7. The third-order valence-corrected chi connectivity index (χ3v) is 9.51. The Balaban J connectivity index is 0.000000869. The fourth-order valence-electron chi connectivity index (χ4n) is 4.36. The van der Waals surface area contributed by atoms with Crippen molar-refractivity contribution >= 4 is 72.0 Å². The number of nitro groups is 3. The Kier molecular flexibility index (Phi) is 26.2. The number of anilines is 2. The van der Waals surface area contributed by atoms with E-state index in [1.165, 1.54) is 112 Å². The molecule has 0 saturated carbocycles. The third kappa shape index (κ3) is 27.2. The molecule has 65 heavy (non-hydrogen) atoms. The standard InChI is InChI=1S/C13H11N2O7P.C13H15N2O3P.C6H5NO3.C6H15N.CH3Cl2OP.CH4/c1-23(20,21-12-6-2-10(3-7-12)14(16)17)22-13-8-4-11(5-9-13)15(18)19;1-19(16,17-12-6-2-10(14)3-7-12)18-13-8-4-11(15)5-9-13;8-6-3-1-5(2-4-6)7(9)10;1-4-7(5-2)6-3;1-5(2,3)4;/h2-9H,1H3;2-9H,14-15H2,1H3;1-4,8H;4-6H2,1-3H3;1H3;1H4. The van der Waals surface area contributed by atoms with Gasteiger partial charge < -0.3 is 39.6 Å². The summed E-state index contributed by atoms with van der Waals surface area (Å²) in [6, 6.07) is 28.3. The van der Waals surface area contributed by atoms with Crippen molar-refractivity contribution in [1.82, 2.24) is 4.90 Å². The molecular formula is C40H53Cl2N6O14P3. The van der Waals surface area contributed by atoms with Gasteiger partial charge in [0.25, 0.3) is 17.1 Å². The van der Waals surface area contributed by atoms with Gasteiger partial charge in [-0.2, -0.15) is 0 Å². The lowest BCUT2D eigenvalue weighted by Gasteiger charge is -2.16. The Morgan fingerprint density at radius 3 is 0.892 bits per heavy atom. The molecule has 0 aliphatic heterocycles. The highest BCUT2D eigenvalue weighted by atomic mass is 35.9. The van der Waals surface area contributed by atoms with Crippen molar-refractivity contribution in [3.05, 3.63) is 152 Å². The molecule has 0 unspecified atom stereocenters. The van der Waals surface area contributed by atoms with E-state index in [2.05, 4.69) is 25.7 Å². The van der Waals surface area contributed by atoms with Crippen molar-refractivity contribution < 1.29 is 51.7 Å². The van der Waals surface area contributed by atoms with Crippen LogP contribution in [0.25, 0.3) is 0 Å². The first-order valence-electron chi connectivity index (χ1n) is 18.5. The molecule has 0 aromatic heterocycles. The molecule has 25 heteroatoms. The Hall–Kier alpha value is -5.87. The summed E-state index contributed by atoms with van der Waals surface area (Å²) in [4.78, 5) is 31.9. The second-order valence-corrected chi connectivity index (χ2v) is 22.3. The number of nitro benzene ring substituents is 3. The van der Waals surface area contributed by atoms with Crippen LogP contribution in [0.3, 0.4) is 0 Å². The van der Waals surface area contributed by atoms with Gasteiger partial charge in [0, 0.05) is 54.4 Å². The summed E-state index contributed by atoms with van der Waals surface area (Å²) in [5, 5.41) is 39.9. The van der Waals surface area contributed by atoms with Crippen LogP contribution in [0.2, 0.25) is 0 Å². The maximum absolute atomic E-state index is 12.3. The van der Waals surface area contributed by atoms with Crippen LogP contribution in [-0.2, 0) is 13.7 Å². The number of nitrogens with two attached hydrogens (primary N) is 2. The Morgan fingerprint density at radius 2 is 0.708 bits per heavy atom. The highest BCUT2D eigenvalue weighted by molar-refractivity contribution is 8.08. The Labute approximate surface area is 386 Å². The summed E-state index contributed by atoms with van der Waals surface area (Å²) in [6.45, 7) is 14.0. The van der Waals surface area contributed by atoms with Gasteiger partial charge in [-0.3, -0.25) is 34.9 Å². The van der Waals surface area contributed by atoms with Crippen LogP contribution >= 0.6 is 43.5 Å². The predicted molar refractivity (Wildman–Crippen MR) is 258 cm³/mol. The maximum atomic E-state index is 12.3. The minimum Gasteiger partial charge on any atom is -0.508 e. The molecular weight excluding hydrogens is 952 g/mol. The molecule has 0 heterocycles. The number of non-ortho nitro benzene ring substituents is 3. The Bertz CT molecular complexity index is 2230. The van der Waals surface area contributed by atoms with Gasteiger partial charge in [0.1, 0.15) is 28.7 Å². The summed E-state index contributed by atoms with van der Waals surface area (Å²) < 4.78 is 55.3. The number of hydrogen-bond donors (Lipinski definition) is 3. The number of hydrogen-bond acceptors (Lipinski definition) is 17. The van der Waals surface area contributed by atoms with Crippen LogP contribution in [0.4, 0.5) is 28.4 Å². The molecule has 5 aromatic carbocycles. The smallest absolute Gasteiger partial charge is 0.427 e. The van der Waals surface area contributed by atoms with Crippen molar-refractivity contribution in [3.8, 4) is 28.7 Å². The summed E-state index contributed by atoms with van der Waals surface area (Å²) in [5.74, 6) is -1.50. The molecule has 0 bridgehead atoms. The molecule has 0 spiro atoms. The van der Waals surface area contributed by atoms with Crippen LogP contribution in [0.1, 0.15) is 28.2 Å². The molecule has 0 saturated heterocycles. The first-order chi connectivity index (χ1) is 29.8. The summed E-state index contributed by atoms with van der Waals surface area (Å²) in [5.41, 5.74) is 12.1. The van der Waals surface area contributed by atoms with E-state index in [1.807, 2.05) is 0 Å². The zero-order valence-corrected chi connectivity index (χ0v) is 39.7. The predicted octanol–water partition coefficient (Wildman–Crippen LogP) is 12.5. The Morgan fingerprint density at radius 1 is 0.508 bits per heavy atom. The van der Waals surface area contributed by atoms with Crippen molar-refractivity contribution in [1.29, 1.82) is 0 Å². The van der Waals surface area contributed by atoms with Gasteiger partial charge in [-0.1, -0.05) is 28.2 Å². The van der Waals surface area contributed by atoms with E-state index in [-0.39, 0.29) is 41.7 Å². The molecule has 5 N–H and O–H groups in total. The average molecular weight is 1010 g/mol. The molecule has 0 fully saturated rings. The van der Waals surface area contributed by atoms with Gasteiger partial charge >= 0.3 is 15.2 Å². The van der Waals surface area contributed by atoms with Crippen molar-refractivity contribution in [2.45, 2.75) is 28.2 Å². The molecule has 5 rings (SSSR count). The average Bonchev–Trinajstić information content (AvgIpc) is 3.20. The molecule has 0 radical (unpaired) electrons. The number of aromatic hydroxyl groups is 1. The van der Waals surface area contributed by atoms with E-state index in [9.17, 15) is 44.0 Å². The highest BCUT2D eigenvalue weighted by Crippen LogP contribution is 2.52. The van der Waals surface area contributed by atoms with E-state index >= 15 is 0 Å². The quantitative estimate of drug-likeness (QED) is 0.0403. The van der Waals surface area contributed by atoms with E-state index in [1.54, 1.807) is 48.5 Å². The molecule has 20 nitrogen and oxygen atoms in total. The van der Waals surface area contributed by atoms with Gasteiger partial charge in [-0.05, 0) is 127 Å². The van der Waals surface area contributed by atoms with E-state index in [0.29, 0.717) is 22.9 Å². The molecule has 0 aliphatic carbocycles. The van der Waals surface area contributed by atoms with Crippen LogP contribution < -0.4 is 29.6 Å². The molecule has 0 aliphatic rings. The summed E-state index contributed by atoms with van der Waals surface area (Å²) in [6.07, 6.45) is 0. The lowest BCUT2D eigenvalue weighted by molar-refractivity contribution is -0.385. The van der Waals surface area contributed by atoms with Crippen molar-refractivity contribution in [3.63, 3.8) is 0 Å². The number of halogens is 2. The number of benzene rings is 5. The largest absolute Gasteiger partial charge is 0.508 e. The van der Waals surface area contributed by atoms with Gasteiger partial charge in [-0.25, -0.2) is 9.13 Å². The second kappa shape index (κ2) is 28.8. The maximum Gasteiger partial charge on any atom is 0.427 e. The lowest BCUT2D eigenvalue weighted by atomic mass is 10.3. The first kappa shape index (κ1) is 59.1. The summed E-state index contributed by atoms with van der Waals surface area (Å²) in [7, 11) is -6.80. The van der Waals surface area contributed by atoms with E-state index < -0.39 is 35.8 Å². The van der Waals surface area contributed by atoms with Crippen molar-refractivity contribution in [2.75, 3.05) is 51.1 Å². The van der Waals surface area contributed by atoms with Gasteiger partial charge in [0.2, 0.25) is 5.85 Å². The third-order valence-electron chi connectivity index (χ3n) is 7.34. The minimum atomic E-state index is -3.55. The highest BCUT2D eigenvalue weighted by Gasteiger charge is 2.22. The number of nitrogen functional groups attached to an aromatic ring is 2. The van der Waals surface area contributed by atoms with Crippen LogP contribution in [0.15, 0.2) is 121 Å². The molecule has 356 valence electrons. The summed E-state index contributed by atoms with van der Waals surface area (Å²) >= 11 is 9.70. The van der Waals surface area contributed by atoms with E-state index in [4.69, 9.17) is 57.2 Å². The number of phenolic OH excluding ortho intramolecular Hbond substituents is 1. The SMILES string of the molecule is C.CCN(CC)CC.CP(=O)(Cl)Cl.CP(=O)(Oc1ccc(N)cc1)Oc1ccc(N)cc1.CP(=O)(Oc1ccc([N+](=O)[O-])cc1)Oc1ccc([N+](=O)[O-])cc1.O=[N+]([O-])c1ccc(O)cc1. The minimum absolute atomic E-state index is 0. The fraction of sp³-hybridized carbons (Fsp3) is 0.250. The van der Waals surface area contributed by atoms with Gasteiger partial charge in [0.15, 0.2) is 0 Å².